The summed E-state index contributed by atoms with van der Waals surface area (Å²) >= 11 is 0. The first-order valence-corrected chi connectivity index (χ1v) is 4.52. The van der Waals surface area contributed by atoms with Gasteiger partial charge < -0.3 is 10.0 Å². The molecule has 1 saturated heterocycles. The predicted octanol–water partition coefficient (Wildman–Crippen LogP) is 0.295. The zero-order valence-electron chi connectivity index (χ0n) is 7.43. The highest BCUT2D eigenvalue weighted by Gasteiger charge is 2.22. The molecule has 13 heavy (non-hydrogen) atoms. The summed E-state index contributed by atoms with van der Waals surface area (Å²) in [7, 11) is 0. The third-order valence-corrected chi connectivity index (χ3v) is 2.42. The van der Waals surface area contributed by atoms with Crippen molar-refractivity contribution in [3.63, 3.8) is 0 Å². The van der Waals surface area contributed by atoms with Crippen molar-refractivity contribution in [1.82, 2.24) is 9.97 Å². The van der Waals surface area contributed by atoms with Crippen molar-refractivity contribution in [3.05, 3.63) is 18.6 Å². The number of hydrogen-bond donors (Lipinski definition) is 1. The van der Waals surface area contributed by atoms with Crippen LogP contribution in [0.4, 0.5) is 5.82 Å². The second-order valence-corrected chi connectivity index (χ2v) is 3.35. The summed E-state index contributed by atoms with van der Waals surface area (Å²) in [6, 6.07) is 0. The molecule has 0 unspecified atom stereocenters. The van der Waals surface area contributed by atoms with Crippen LogP contribution in [-0.4, -0.2) is 34.8 Å². The van der Waals surface area contributed by atoms with Gasteiger partial charge in [-0.25, -0.2) is 4.98 Å². The van der Waals surface area contributed by atoms with Crippen LogP contribution in [0, 0.1) is 5.92 Å². The van der Waals surface area contributed by atoms with E-state index in [1.165, 1.54) is 0 Å². The topological polar surface area (TPSA) is 49.2 Å². The fourth-order valence-electron chi connectivity index (χ4n) is 1.64. The predicted molar refractivity (Wildman–Crippen MR) is 49.4 cm³/mol. The maximum atomic E-state index is 8.97. The zero-order chi connectivity index (χ0) is 9.10. The second kappa shape index (κ2) is 3.70. The number of aliphatic hydroxyl groups excluding tert-OH is 1. The highest BCUT2D eigenvalue weighted by atomic mass is 16.3. The van der Waals surface area contributed by atoms with Crippen LogP contribution in [0.2, 0.25) is 0 Å². The van der Waals surface area contributed by atoms with Crippen molar-refractivity contribution < 1.29 is 5.11 Å². The van der Waals surface area contributed by atoms with E-state index >= 15 is 0 Å². The summed E-state index contributed by atoms with van der Waals surface area (Å²) in [5.74, 6) is 1.32. The molecule has 70 valence electrons. The smallest absolute Gasteiger partial charge is 0.147 e. The van der Waals surface area contributed by atoms with E-state index in [2.05, 4.69) is 14.9 Å². The standard InChI is InChI=1S/C9H13N3O/c13-7-8-1-4-12(6-8)9-5-10-2-3-11-9/h2-3,5,8,13H,1,4,6-7H2/t8-/m0/s1. The molecule has 1 aliphatic rings. The van der Waals surface area contributed by atoms with E-state index in [4.69, 9.17) is 5.11 Å². The molecule has 0 bridgehead atoms. The second-order valence-electron chi connectivity index (χ2n) is 3.35. The summed E-state index contributed by atoms with van der Waals surface area (Å²) in [6.07, 6.45) is 6.18. The number of aliphatic hydroxyl groups is 1. The summed E-state index contributed by atoms with van der Waals surface area (Å²) in [4.78, 5) is 10.4. The van der Waals surface area contributed by atoms with Gasteiger partial charge in [0.05, 0.1) is 6.20 Å². The number of nitrogens with zero attached hydrogens (tertiary/aromatic N) is 3. The van der Waals surface area contributed by atoms with Crippen LogP contribution in [0.1, 0.15) is 6.42 Å². The van der Waals surface area contributed by atoms with Crippen molar-refractivity contribution in [2.45, 2.75) is 6.42 Å². The molecule has 4 nitrogen and oxygen atoms in total. The Morgan fingerprint density at radius 3 is 3.08 bits per heavy atom. The first-order chi connectivity index (χ1) is 6.40. The van der Waals surface area contributed by atoms with Crippen LogP contribution in [-0.2, 0) is 0 Å². The zero-order valence-corrected chi connectivity index (χ0v) is 7.43. The maximum Gasteiger partial charge on any atom is 0.147 e. The van der Waals surface area contributed by atoms with Crippen LogP contribution < -0.4 is 4.90 Å². The number of rotatable bonds is 2. The van der Waals surface area contributed by atoms with Gasteiger partial charge in [0, 0.05) is 38.0 Å². The Morgan fingerprint density at radius 1 is 1.54 bits per heavy atom. The van der Waals surface area contributed by atoms with Crippen LogP contribution >= 0.6 is 0 Å². The molecule has 0 spiro atoms. The SMILES string of the molecule is OC[C@H]1CCN(c2cnccn2)C1. The van der Waals surface area contributed by atoms with E-state index in [0.717, 1.165) is 25.3 Å². The van der Waals surface area contributed by atoms with Crippen molar-refractivity contribution in [2.24, 2.45) is 5.92 Å². The Labute approximate surface area is 77.2 Å². The minimum absolute atomic E-state index is 0.275. The van der Waals surface area contributed by atoms with E-state index in [1.807, 2.05) is 0 Å². The molecule has 1 aliphatic heterocycles. The summed E-state index contributed by atoms with van der Waals surface area (Å²) in [5.41, 5.74) is 0. The van der Waals surface area contributed by atoms with Crippen LogP contribution in [0.25, 0.3) is 0 Å². The van der Waals surface area contributed by atoms with Gasteiger partial charge in [-0.2, -0.15) is 0 Å². The fourth-order valence-corrected chi connectivity index (χ4v) is 1.64. The molecule has 4 heteroatoms. The van der Waals surface area contributed by atoms with Crippen molar-refractivity contribution in [3.8, 4) is 0 Å². The molecule has 0 amide bonds. The van der Waals surface area contributed by atoms with E-state index in [9.17, 15) is 0 Å². The Balaban J connectivity index is 2.04. The average Bonchev–Trinajstić information content (AvgIpc) is 2.67. The Bertz CT molecular complexity index is 265. The minimum Gasteiger partial charge on any atom is -0.396 e. The van der Waals surface area contributed by atoms with Gasteiger partial charge in [0.25, 0.3) is 0 Å². The van der Waals surface area contributed by atoms with Crippen molar-refractivity contribution in [1.29, 1.82) is 0 Å². The first kappa shape index (κ1) is 8.44. The first-order valence-electron chi connectivity index (χ1n) is 4.52. The molecule has 2 heterocycles. The monoisotopic (exact) mass is 179 g/mol. The quantitative estimate of drug-likeness (QED) is 0.709. The molecule has 1 N–H and O–H groups in total. The number of aromatic nitrogens is 2. The van der Waals surface area contributed by atoms with Gasteiger partial charge in [-0.3, -0.25) is 4.98 Å². The number of hydrogen-bond acceptors (Lipinski definition) is 4. The Hall–Kier alpha value is -1.16. The van der Waals surface area contributed by atoms with Crippen LogP contribution in [0.15, 0.2) is 18.6 Å². The molecule has 0 aromatic carbocycles. The minimum atomic E-state index is 0.275. The largest absolute Gasteiger partial charge is 0.396 e. The molecule has 1 atom stereocenters. The maximum absolute atomic E-state index is 8.97. The van der Waals surface area contributed by atoms with Crippen molar-refractivity contribution in [2.75, 3.05) is 24.6 Å². The van der Waals surface area contributed by atoms with E-state index in [0.29, 0.717) is 5.92 Å². The molecule has 2 rings (SSSR count). The lowest BCUT2D eigenvalue weighted by atomic mass is 10.1. The summed E-state index contributed by atoms with van der Waals surface area (Å²) in [6.45, 7) is 2.15. The number of anilines is 1. The van der Waals surface area contributed by atoms with Gasteiger partial charge in [-0.05, 0) is 6.42 Å². The van der Waals surface area contributed by atoms with Crippen LogP contribution in [0.3, 0.4) is 0 Å². The van der Waals surface area contributed by atoms with Crippen LogP contribution in [0.5, 0.6) is 0 Å². The van der Waals surface area contributed by atoms with Gasteiger partial charge >= 0.3 is 0 Å². The molecule has 0 radical (unpaired) electrons. The third-order valence-electron chi connectivity index (χ3n) is 2.42. The molecular weight excluding hydrogens is 166 g/mol. The molecular formula is C9H13N3O. The van der Waals surface area contributed by atoms with E-state index in [-0.39, 0.29) is 6.61 Å². The lowest BCUT2D eigenvalue weighted by Crippen LogP contribution is -2.21. The van der Waals surface area contributed by atoms with E-state index in [1.54, 1.807) is 18.6 Å². The highest BCUT2D eigenvalue weighted by Crippen LogP contribution is 2.20. The third kappa shape index (κ3) is 1.78. The molecule has 1 aromatic rings. The molecule has 1 aromatic heterocycles. The van der Waals surface area contributed by atoms with Gasteiger partial charge in [0.15, 0.2) is 0 Å². The Morgan fingerprint density at radius 2 is 2.46 bits per heavy atom. The van der Waals surface area contributed by atoms with E-state index < -0.39 is 0 Å². The Kier molecular flexibility index (Phi) is 2.40. The normalized spacial score (nSPS) is 22.2. The van der Waals surface area contributed by atoms with Crippen molar-refractivity contribution >= 4 is 5.82 Å². The summed E-state index contributed by atoms with van der Waals surface area (Å²) in [5, 5.41) is 8.97. The van der Waals surface area contributed by atoms with Gasteiger partial charge in [0.1, 0.15) is 5.82 Å². The lowest BCUT2D eigenvalue weighted by Gasteiger charge is -2.15. The van der Waals surface area contributed by atoms with Gasteiger partial charge in [-0.15, -0.1) is 0 Å². The highest BCUT2D eigenvalue weighted by molar-refractivity contribution is 5.36. The molecule has 0 saturated carbocycles. The van der Waals surface area contributed by atoms with Gasteiger partial charge in [-0.1, -0.05) is 0 Å². The fraction of sp³-hybridized carbons (Fsp3) is 0.556. The van der Waals surface area contributed by atoms with Gasteiger partial charge in [0.2, 0.25) is 0 Å². The lowest BCUT2D eigenvalue weighted by molar-refractivity contribution is 0.238. The summed E-state index contributed by atoms with van der Waals surface area (Å²) < 4.78 is 0. The molecule has 1 fully saturated rings. The molecule has 0 aliphatic carbocycles. The average molecular weight is 179 g/mol.